The van der Waals surface area contributed by atoms with E-state index in [9.17, 15) is 14.3 Å². The van der Waals surface area contributed by atoms with Crippen molar-refractivity contribution in [2.45, 2.75) is 6.42 Å². The van der Waals surface area contributed by atoms with Crippen molar-refractivity contribution in [2.75, 3.05) is 32.6 Å². The summed E-state index contributed by atoms with van der Waals surface area (Å²) in [6.07, 6.45) is 1.10. The average Bonchev–Trinajstić information content (AvgIpc) is 2.63. The minimum Gasteiger partial charge on any atom is -0.591 e. The zero-order valence-electron chi connectivity index (χ0n) is 14.7. The number of anilines is 1. The second-order valence-electron chi connectivity index (χ2n) is 5.22. The molecule has 0 aromatic heterocycles. The lowest BCUT2D eigenvalue weighted by Crippen LogP contribution is -2.14. The Morgan fingerprint density at radius 2 is 1.96 bits per heavy atom. The Bertz CT molecular complexity index is 724. The summed E-state index contributed by atoms with van der Waals surface area (Å²) >= 11 is 5.81. The van der Waals surface area contributed by atoms with Crippen molar-refractivity contribution < 1.29 is 19.0 Å². The van der Waals surface area contributed by atoms with Crippen LogP contribution in [0.5, 0.6) is 0 Å². The molecule has 0 aliphatic heterocycles. The Hall–Kier alpha value is -1.82. The number of carbonyl (C=O) groups excluding carboxylic acids is 1. The maximum atomic E-state index is 11.9. The van der Waals surface area contributed by atoms with Crippen LogP contribution in [0.3, 0.4) is 0 Å². The van der Waals surface area contributed by atoms with Crippen LogP contribution in [-0.4, -0.2) is 33.2 Å². The van der Waals surface area contributed by atoms with Crippen LogP contribution in [-0.2, 0) is 9.30 Å². The minimum absolute atomic E-state index is 0.105. The normalized spacial score (nSPS) is 10.5. The summed E-state index contributed by atoms with van der Waals surface area (Å²) < 4.78 is 15.7. The van der Waals surface area contributed by atoms with Gasteiger partial charge in [-0.2, -0.15) is 0 Å². The third kappa shape index (κ3) is 8.52. The lowest BCUT2D eigenvalue weighted by atomic mass is 10.2. The summed E-state index contributed by atoms with van der Waals surface area (Å²) in [6.45, 7) is 1.91. The fourth-order valence-electron chi connectivity index (χ4n) is 1.92. The van der Waals surface area contributed by atoms with Crippen LogP contribution < -0.4 is 20.8 Å². The van der Waals surface area contributed by atoms with E-state index in [0.29, 0.717) is 10.7 Å². The smallest absolute Gasteiger partial charge is 0.348 e. The molecule has 0 bridgehead atoms. The van der Waals surface area contributed by atoms with Crippen molar-refractivity contribution in [3.63, 3.8) is 0 Å². The van der Waals surface area contributed by atoms with Crippen molar-refractivity contribution in [1.82, 2.24) is 5.32 Å². The zero-order chi connectivity index (χ0) is 19.4. The average molecular weight is 397 g/mol. The molecule has 0 fully saturated rings. The molecular formula is C18H22ClN2O4P. The summed E-state index contributed by atoms with van der Waals surface area (Å²) in [4.78, 5) is 22.8. The molecule has 1 unspecified atom stereocenters. The summed E-state index contributed by atoms with van der Waals surface area (Å²) in [6, 6.07) is 12.5. The van der Waals surface area contributed by atoms with Crippen LogP contribution in [0.1, 0.15) is 16.8 Å². The van der Waals surface area contributed by atoms with Gasteiger partial charge in [0.05, 0.1) is 0 Å². The molecule has 1 amide bonds. The van der Waals surface area contributed by atoms with Gasteiger partial charge >= 0.3 is 8.03 Å². The number of nitrogens with one attached hydrogen (secondary N) is 2. The van der Waals surface area contributed by atoms with Gasteiger partial charge < -0.3 is 20.3 Å². The van der Waals surface area contributed by atoms with Crippen molar-refractivity contribution in [3.8, 4) is 0 Å². The second kappa shape index (κ2) is 12.5. The van der Waals surface area contributed by atoms with Gasteiger partial charge in [0.1, 0.15) is 0 Å². The van der Waals surface area contributed by atoms with Crippen LogP contribution in [0, 0.1) is 0 Å². The summed E-state index contributed by atoms with van der Waals surface area (Å²) in [5.41, 5.74) is 0.825. The number of rotatable bonds is 7. The Balaban J connectivity index is 0.000000412. The van der Waals surface area contributed by atoms with E-state index in [2.05, 4.69) is 10.6 Å². The highest BCUT2D eigenvalue weighted by molar-refractivity contribution is 7.45. The van der Waals surface area contributed by atoms with Crippen LogP contribution in [0.2, 0.25) is 5.02 Å². The Kier molecular flexibility index (Phi) is 10.7. The summed E-state index contributed by atoms with van der Waals surface area (Å²) in [5, 5.41) is 6.28. The van der Waals surface area contributed by atoms with E-state index in [-0.39, 0.29) is 16.8 Å². The highest BCUT2D eigenvalue weighted by atomic mass is 35.5. The third-order valence-electron chi connectivity index (χ3n) is 3.18. The molecule has 0 aliphatic rings. The molecule has 140 valence electrons. The molecular weight excluding hydrogens is 375 g/mol. The van der Waals surface area contributed by atoms with Crippen molar-refractivity contribution >= 4 is 36.5 Å². The van der Waals surface area contributed by atoms with Gasteiger partial charge in [-0.1, -0.05) is 28.3 Å². The predicted octanol–water partition coefficient (Wildman–Crippen LogP) is 2.56. The van der Waals surface area contributed by atoms with Crippen molar-refractivity contribution in [1.29, 1.82) is 0 Å². The maximum Gasteiger partial charge on any atom is 0.348 e. The molecule has 2 rings (SSSR count). The van der Waals surface area contributed by atoms with Gasteiger partial charge in [-0.05, 0) is 50.3 Å². The first-order chi connectivity index (χ1) is 12.5. The number of methoxy groups -OCH3 is 1. The number of hydrogen-bond donors (Lipinski definition) is 2. The fourth-order valence-corrected chi connectivity index (χ4v) is 2.57. The molecule has 0 saturated carbocycles. The first-order valence-corrected chi connectivity index (χ1v) is 9.48. The second-order valence-corrected chi connectivity index (χ2v) is 6.69. The van der Waals surface area contributed by atoms with Crippen molar-refractivity contribution in [2.24, 2.45) is 0 Å². The molecule has 8 heteroatoms. The third-order valence-corrected chi connectivity index (χ3v) is 4.11. The van der Waals surface area contributed by atoms with E-state index in [0.717, 1.165) is 19.6 Å². The van der Waals surface area contributed by atoms with Crippen molar-refractivity contribution in [3.05, 3.63) is 59.1 Å². The number of halogens is 1. The van der Waals surface area contributed by atoms with E-state index in [1.165, 1.54) is 18.2 Å². The highest BCUT2D eigenvalue weighted by Gasteiger charge is 2.12. The molecule has 0 aliphatic carbocycles. The van der Waals surface area contributed by atoms with Gasteiger partial charge in [-0.15, -0.1) is 0 Å². The van der Waals surface area contributed by atoms with E-state index in [1.54, 1.807) is 37.4 Å². The lowest BCUT2D eigenvalue weighted by molar-refractivity contribution is -0.160. The molecule has 1 atom stereocenters. The molecule has 0 spiro atoms. The Labute approximate surface area is 159 Å². The predicted molar refractivity (Wildman–Crippen MR) is 104 cm³/mol. The zero-order valence-corrected chi connectivity index (χ0v) is 16.3. The molecule has 0 radical (unpaired) electrons. The molecule has 0 saturated heterocycles. The number of hydrogen-bond acceptors (Lipinski definition) is 5. The molecule has 0 heterocycles. The van der Waals surface area contributed by atoms with E-state index in [4.69, 9.17) is 16.3 Å². The minimum atomic E-state index is -2.70. The van der Waals surface area contributed by atoms with Crippen LogP contribution in [0.4, 0.5) is 5.69 Å². The number of amides is 1. The van der Waals surface area contributed by atoms with E-state index >= 15 is 0 Å². The van der Waals surface area contributed by atoms with Gasteiger partial charge in [0.25, 0.3) is 5.91 Å². The monoisotopic (exact) mass is 396 g/mol. The first kappa shape index (κ1) is 22.2. The summed E-state index contributed by atoms with van der Waals surface area (Å²) in [7, 11) is 0.956. The quantitative estimate of drug-likeness (QED) is 0.554. The molecule has 26 heavy (non-hydrogen) atoms. The van der Waals surface area contributed by atoms with Crippen LogP contribution >= 0.6 is 19.6 Å². The number of carbonyl (C=O) groups is 1. The van der Waals surface area contributed by atoms with Gasteiger partial charge in [-0.25, -0.2) is 0 Å². The Morgan fingerprint density at radius 1 is 1.23 bits per heavy atom. The largest absolute Gasteiger partial charge is 0.591 e. The van der Waals surface area contributed by atoms with E-state index < -0.39 is 8.03 Å². The standard InChI is InChI=1S/C13H9ClNO3P.C5H13NO/c14-10-4-2-5-11(8-10)15-13(16)9-3-1-6-12(7-9)19(17)18;1-6-4-3-5-7-2/h1-8H,(H,15,16);6H,3-5H2,1-2H3. The maximum absolute atomic E-state index is 11.9. The fraction of sp³-hybridized carbons (Fsp3) is 0.278. The molecule has 6 nitrogen and oxygen atoms in total. The molecule has 2 aromatic carbocycles. The van der Waals surface area contributed by atoms with Gasteiger partial charge in [0.15, 0.2) is 5.30 Å². The number of benzene rings is 2. The topological polar surface area (TPSA) is 90.5 Å². The summed E-state index contributed by atoms with van der Waals surface area (Å²) in [5.74, 6) is -0.388. The van der Waals surface area contributed by atoms with E-state index in [1.807, 2.05) is 7.05 Å². The lowest BCUT2D eigenvalue weighted by Gasteiger charge is -2.05. The Morgan fingerprint density at radius 3 is 2.58 bits per heavy atom. The van der Waals surface area contributed by atoms with Gasteiger partial charge in [0.2, 0.25) is 0 Å². The number of ether oxygens (including phenoxy) is 1. The van der Waals surface area contributed by atoms with Gasteiger partial charge in [0, 0.05) is 36.1 Å². The molecule has 2 aromatic rings. The highest BCUT2D eigenvalue weighted by Crippen LogP contribution is 2.16. The van der Waals surface area contributed by atoms with Crippen LogP contribution in [0.25, 0.3) is 0 Å². The molecule has 2 N–H and O–H groups in total. The first-order valence-electron chi connectivity index (χ1n) is 7.93. The van der Waals surface area contributed by atoms with Crippen LogP contribution in [0.15, 0.2) is 48.5 Å². The SMILES string of the molecule is CNCCCOC.O=C(Nc1cccc(Cl)c1)c1cccc([P+](=O)[O-])c1. The van der Waals surface area contributed by atoms with Gasteiger partial charge in [-0.3, -0.25) is 4.79 Å².